The molecule has 1 fully saturated rings. The van der Waals surface area contributed by atoms with E-state index in [1.165, 1.54) is 36.3 Å². The molecule has 8 heteroatoms. The molecule has 7 nitrogen and oxygen atoms in total. The molecule has 0 aliphatic carbocycles. The predicted octanol–water partition coefficient (Wildman–Crippen LogP) is 4.21. The van der Waals surface area contributed by atoms with Gasteiger partial charge in [0, 0.05) is 17.5 Å². The molecule has 0 aromatic heterocycles. The van der Waals surface area contributed by atoms with Crippen LogP contribution in [0.1, 0.15) is 28.7 Å². The maximum Gasteiger partial charge on any atom is 0.264 e. The zero-order valence-electron chi connectivity index (χ0n) is 18.0. The highest BCUT2D eigenvalue weighted by Gasteiger charge is 2.69. The molecule has 0 N–H and O–H groups in total. The van der Waals surface area contributed by atoms with Gasteiger partial charge in [0.1, 0.15) is 11.6 Å². The van der Waals surface area contributed by atoms with Crippen LogP contribution < -0.4 is 9.64 Å². The minimum absolute atomic E-state index is 0.388. The van der Waals surface area contributed by atoms with E-state index in [2.05, 4.69) is 0 Å². The molecule has 0 saturated carbocycles. The van der Waals surface area contributed by atoms with E-state index in [1.807, 2.05) is 0 Å². The van der Waals surface area contributed by atoms with Crippen molar-refractivity contribution >= 4 is 11.6 Å². The number of fused-ring (bicyclic) bond motifs is 2. The molecule has 4 atom stereocenters. The van der Waals surface area contributed by atoms with Gasteiger partial charge in [0.05, 0.1) is 18.7 Å². The van der Waals surface area contributed by atoms with Crippen LogP contribution in [0.2, 0.25) is 0 Å². The SMILES string of the molecule is COc1ccc([C@@H]2O[C@@]3(C(=O)N(C)c4ccccc43)[C@@H](c3ccc(F)cc3)[C@@H]2[N+](=O)[O-])cc1. The van der Waals surface area contributed by atoms with Gasteiger partial charge in [0.15, 0.2) is 11.7 Å². The number of methoxy groups -OCH3 is 1. The molecule has 0 bridgehead atoms. The first-order valence-electron chi connectivity index (χ1n) is 10.5. The van der Waals surface area contributed by atoms with Gasteiger partial charge in [-0.05, 0) is 41.5 Å². The van der Waals surface area contributed by atoms with Gasteiger partial charge in [-0.2, -0.15) is 0 Å². The van der Waals surface area contributed by atoms with E-state index in [0.717, 1.165) is 0 Å². The second-order valence-electron chi connectivity index (χ2n) is 8.23. The van der Waals surface area contributed by atoms with Gasteiger partial charge < -0.3 is 14.4 Å². The van der Waals surface area contributed by atoms with Gasteiger partial charge in [-0.25, -0.2) is 4.39 Å². The van der Waals surface area contributed by atoms with Crippen molar-refractivity contribution in [3.05, 3.63) is 105 Å². The molecule has 5 rings (SSSR count). The fourth-order valence-corrected chi connectivity index (χ4v) is 5.12. The molecule has 1 spiro atoms. The lowest BCUT2D eigenvalue weighted by Crippen LogP contribution is -2.44. The van der Waals surface area contributed by atoms with Crippen LogP contribution in [-0.2, 0) is 15.1 Å². The zero-order chi connectivity index (χ0) is 23.3. The molecule has 33 heavy (non-hydrogen) atoms. The number of hydrogen-bond acceptors (Lipinski definition) is 5. The first-order chi connectivity index (χ1) is 15.9. The summed E-state index contributed by atoms with van der Waals surface area (Å²) in [5.74, 6) is -1.23. The number of ether oxygens (including phenoxy) is 2. The minimum atomic E-state index is -1.62. The molecular formula is C25H21FN2O5. The predicted molar refractivity (Wildman–Crippen MR) is 118 cm³/mol. The number of likely N-dealkylation sites (N-methyl/N-ethyl adjacent to an activating group) is 1. The van der Waals surface area contributed by atoms with Crippen molar-refractivity contribution in [3.8, 4) is 5.75 Å². The Bertz CT molecular complexity index is 1230. The Labute approximate surface area is 189 Å². The third kappa shape index (κ3) is 3.01. The van der Waals surface area contributed by atoms with Crippen LogP contribution in [0, 0.1) is 15.9 Å². The highest BCUT2D eigenvalue weighted by atomic mass is 19.1. The molecule has 0 unspecified atom stereocenters. The maximum atomic E-state index is 13.8. The Morgan fingerprint density at radius 1 is 1.03 bits per heavy atom. The summed E-state index contributed by atoms with van der Waals surface area (Å²) in [4.78, 5) is 27.3. The van der Waals surface area contributed by atoms with Gasteiger partial charge in [-0.1, -0.05) is 42.5 Å². The summed E-state index contributed by atoms with van der Waals surface area (Å²) in [7, 11) is 3.16. The number of rotatable bonds is 4. The number of benzene rings is 3. The van der Waals surface area contributed by atoms with Crippen molar-refractivity contribution in [1.29, 1.82) is 0 Å². The van der Waals surface area contributed by atoms with E-state index in [-0.39, 0.29) is 5.91 Å². The molecule has 1 saturated heterocycles. The molecule has 2 aliphatic rings. The molecule has 1 amide bonds. The minimum Gasteiger partial charge on any atom is -0.497 e. The second kappa shape index (κ2) is 7.67. The van der Waals surface area contributed by atoms with Crippen LogP contribution in [-0.4, -0.2) is 31.0 Å². The van der Waals surface area contributed by atoms with Crippen molar-refractivity contribution < 1.29 is 23.6 Å². The lowest BCUT2D eigenvalue weighted by molar-refractivity contribution is -0.531. The summed E-state index contributed by atoms with van der Waals surface area (Å²) >= 11 is 0. The van der Waals surface area contributed by atoms with Crippen LogP contribution in [0.4, 0.5) is 10.1 Å². The number of amides is 1. The fraction of sp³-hybridized carbons (Fsp3) is 0.240. The Morgan fingerprint density at radius 2 is 1.67 bits per heavy atom. The topological polar surface area (TPSA) is 81.9 Å². The number of halogens is 1. The standard InChI is InChI=1S/C25H21FN2O5/c1-27-20-6-4-3-5-19(20)25(24(27)29)21(15-7-11-17(26)12-8-15)22(28(30)31)23(33-25)16-9-13-18(32-2)14-10-16/h3-14,21-23H,1-2H3/t21-,22-,23-,25+/m0/s1. The monoisotopic (exact) mass is 448 g/mol. The molecular weight excluding hydrogens is 427 g/mol. The van der Waals surface area contributed by atoms with E-state index in [0.29, 0.717) is 28.1 Å². The third-order valence-electron chi connectivity index (χ3n) is 6.61. The van der Waals surface area contributed by atoms with Gasteiger partial charge in [-0.15, -0.1) is 0 Å². The van der Waals surface area contributed by atoms with Crippen molar-refractivity contribution in [2.75, 3.05) is 19.1 Å². The van der Waals surface area contributed by atoms with E-state index >= 15 is 0 Å². The lowest BCUT2D eigenvalue weighted by Gasteiger charge is -2.29. The molecule has 0 radical (unpaired) electrons. The van der Waals surface area contributed by atoms with Crippen molar-refractivity contribution in [2.24, 2.45) is 0 Å². The number of carbonyl (C=O) groups excluding carboxylic acids is 1. The van der Waals surface area contributed by atoms with E-state index in [4.69, 9.17) is 9.47 Å². The molecule has 2 heterocycles. The Kier molecular flexibility index (Phi) is 4.90. The number of anilines is 1. The van der Waals surface area contributed by atoms with E-state index in [1.54, 1.807) is 55.6 Å². The van der Waals surface area contributed by atoms with Crippen molar-refractivity contribution in [2.45, 2.75) is 23.7 Å². The Morgan fingerprint density at radius 3 is 2.30 bits per heavy atom. The van der Waals surface area contributed by atoms with Crippen molar-refractivity contribution in [3.63, 3.8) is 0 Å². The normalized spacial score (nSPS) is 26.0. The van der Waals surface area contributed by atoms with Gasteiger partial charge >= 0.3 is 0 Å². The van der Waals surface area contributed by atoms with Gasteiger partial charge in [0.2, 0.25) is 0 Å². The smallest absolute Gasteiger partial charge is 0.264 e. The summed E-state index contributed by atoms with van der Waals surface area (Å²) in [6.45, 7) is 0. The number of nitro groups is 1. The van der Waals surface area contributed by atoms with E-state index in [9.17, 15) is 19.3 Å². The fourth-order valence-electron chi connectivity index (χ4n) is 5.12. The highest BCUT2D eigenvalue weighted by Crippen LogP contribution is 2.60. The number of carbonyl (C=O) groups is 1. The van der Waals surface area contributed by atoms with Crippen LogP contribution in [0.3, 0.4) is 0 Å². The summed E-state index contributed by atoms with van der Waals surface area (Å²) in [6.07, 6.45) is -1.01. The molecule has 2 aliphatic heterocycles. The average Bonchev–Trinajstić information content (AvgIpc) is 3.30. The Balaban J connectivity index is 1.76. The highest BCUT2D eigenvalue weighted by molar-refractivity contribution is 6.07. The number of hydrogen-bond donors (Lipinski definition) is 0. The third-order valence-corrected chi connectivity index (χ3v) is 6.61. The van der Waals surface area contributed by atoms with Crippen LogP contribution >= 0.6 is 0 Å². The Hall–Kier alpha value is -3.78. The molecule has 3 aromatic rings. The number of para-hydroxylation sites is 1. The second-order valence-corrected chi connectivity index (χ2v) is 8.23. The molecule has 3 aromatic carbocycles. The summed E-state index contributed by atoms with van der Waals surface area (Å²) in [5, 5.41) is 12.5. The first kappa shape index (κ1) is 21.1. The first-order valence-corrected chi connectivity index (χ1v) is 10.5. The van der Waals surface area contributed by atoms with Crippen LogP contribution in [0.25, 0.3) is 0 Å². The van der Waals surface area contributed by atoms with E-state index < -0.39 is 34.4 Å². The van der Waals surface area contributed by atoms with Crippen LogP contribution in [0.5, 0.6) is 5.75 Å². The quantitative estimate of drug-likeness (QED) is 0.441. The van der Waals surface area contributed by atoms with Crippen molar-refractivity contribution in [1.82, 2.24) is 0 Å². The van der Waals surface area contributed by atoms with Crippen LogP contribution in [0.15, 0.2) is 72.8 Å². The summed E-state index contributed by atoms with van der Waals surface area (Å²) in [6, 6.07) is 18.1. The lowest BCUT2D eigenvalue weighted by atomic mass is 9.75. The maximum absolute atomic E-state index is 13.8. The molecule has 168 valence electrons. The van der Waals surface area contributed by atoms with Gasteiger partial charge in [-0.3, -0.25) is 14.9 Å². The summed E-state index contributed by atoms with van der Waals surface area (Å²) in [5.41, 5.74) is 0.599. The average molecular weight is 448 g/mol. The van der Waals surface area contributed by atoms with Gasteiger partial charge in [0.25, 0.3) is 11.9 Å². The zero-order valence-corrected chi connectivity index (χ0v) is 18.0. The largest absolute Gasteiger partial charge is 0.497 e. The number of nitrogens with zero attached hydrogens (tertiary/aromatic N) is 2. The summed E-state index contributed by atoms with van der Waals surface area (Å²) < 4.78 is 25.4.